The Bertz CT molecular complexity index is 952. The second-order valence-electron chi connectivity index (χ2n) is 6.31. The number of carbonyl (C=O) groups excluding carboxylic acids is 2. The van der Waals surface area contributed by atoms with Crippen molar-refractivity contribution in [3.63, 3.8) is 0 Å². The van der Waals surface area contributed by atoms with Gasteiger partial charge < -0.3 is 5.32 Å². The van der Waals surface area contributed by atoms with Crippen molar-refractivity contribution in [2.75, 3.05) is 10.6 Å². The van der Waals surface area contributed by atoms with Crippen LogP contribution < -0.4 is 10.6 Å². The number of hydrogen-bond acceptors (Lipinski definition) is 5. The van der Waals surface area contributed by atoms with Gasteiger partial charge in [-0.3, -0.25) is 14.9 Å². The van der Waals surface area contributed by atoms with Crippen LogP contribution in [0.25, 0.3) is 0 Å². The molecule has 0 aliphatic carbocycles. The van der Waals surface area contributed by atoms with E-state index < -0.39 is 0 Å². The van der Waals surface area contributed by atoms with Crippen LogP contribution >= 0.6 is 11.3 Å². The molecule has 0 fully saturated rings. The van der Waals surface area contributed by atoms with Crippen molar-refractivity contribution in [1.29, 1.82) is 0 Å². The number of anilines is 2. The summed E-state index contributed by atoms with van der Waals surface area (Å²) >= 11 is 1.40. The zero-order valence-electron chi connectivity index (χ0n) is 15.8. The Morgan fingerprint density at radius 1 is 0.893 bits per heavy atom. The lowest BCUT2D eigenvalue weighted by molar-refractivity contribution is 0.101. The van der Waals surface area contributed by atoms with Crippen LogP contribution in [0.5, 0.6) is 0 Å². The number of carbonyl (C=O) groups is 2. The Labute approximate surface area is 168 Å². The Balaban J connectivity index is 1.68. The highest BCUT2D eigenvalue weighted by atomic mass is 32.1. The summed E-state index contributed by atoms with van der Waals surface area (Å²) in [6.45, 7) is 4.23. The quantitative estimate of drug-likeness (QED) is 0.594. The molecule has 144 valence electrons. The van der Waals surface area contributed by atoms with Crippen LogP contribution in [0.4, 0.5) is 10.8 Å². The summed E-state index contributed by atoms with van der Waals surface area (Å²) in [4.78, 5) is 24.8. The average molecular weight is 395 g/mol. The summed E-state index contributed by atoms with van der Waals surface area (Å²) in [5, 5.41) is 15.3. The number of nitrogens with zero attached hydrogens (tertiary/aromatic N) is 2. The summed E-state index contributed by atoms with van der Waals surface area (Å²) in [5.41, 5.74) is 1.54. The molecule has 3 aromatic rings. The van der Waals surface area contributed by atoms with Gasteiger partial charge >= 0.3 is 0 Å². The first kappa shape index (κ1) is 19.7. The minimum Gasteiger partial charge on any atom is -0.322 e. The first-order chi connectivity index (χ1) is 13.6. The monoisotopic (exact) mass is 394 g/mol. The zero-order valence-corrected chi connectivity index (χ0v) is 16.6. The molecule has 0 atom stereocenters. The summed E-state index contributed by atoms with van der Waals surface area (Å²) in [6.07, 6.45) is 1.98. The highest BCUT2D eigenvalue weighted by molar-refractivity contribution is 7.15. The first-order valence-corrected chi connectivity index (χ1v) is 10.0. The maximum absolute atomic E-state index is 12.6. The topological polar surface area (TPSA) is 84.0 Å². The molecule has 0 spiro atoms. The molecule has 0 radical (unpaired) electrons. The van der Waals surface area contributed by atoms with Crippen molar-refractivity contribution in [3.05, 3.63) is 70.7 Å². The van der Waals surface area contributed by atoms with Gasteiger partial charge in [0.1, 0.15) is 5.01 Å². The number of nitrogens with one attached hydrogen (secondary N) is 2. The molecule has 1 aromatic heterocycles. The molecule has 0 unspecified atom stereocenters. The smallest absolute Gasteiger partial charge is 0.257 e. The third-order valence-corrected chi connectivity index (χ3v) is 5.42. The van der Waals surface area contributed by atoms with Crippen molar-refractivity contribution in [2.45, 2.75) is 32.6 Å². The van der Waals surface area contributed by atoms with E-state index in [0.29, 0.717) is 27.9 Å². The summed E-state index contributed by atoms with van der Waals surface area (Å²) in [5.74, 6) is -0.153. The predicted octanol–water partition coefficient (Wildman–Crippen LogP) is 4.95. The Hall–Kier alpha value is -3.06. The third kappa shape index (κ3) is 4.80. The van der Waals surface area contributed by atoms with Gasteiger partial charge in [0, 0.05) is 22.7 Å². The van der Waals surface area contributed by atoms with Gasteiger partial charge in [-0.15, -0.1) is 10.2 Å². The highest BCUT2D eigenvalue weighted by Gasteiger charge is 2.15. The summed E-state index contributed by atoms with van der Waals surface area (Å²) < 4.78 is 0. The molecular weight excluding hydrogens is 372 g/mol. The van der Waals surface area contributed by atoms with Gasteiger partial charge in [0.2, 0.25) is 5.13 Å². The van der Waals surface area contributed by atoms with Crippen molar-refractivity contribution in [1.82, 2.24) is 10.2 Å². The van der Waals surface area contributed by atoms with Crippen LogP contribution in [0.2, 0.25) is 0 Å². The van der Waals surface area contributed by atoms with Gasteiger partial charge in [0.05, 0.1) is 0 Å². The predicted molar refractivity (Wildman–Crippen MR) is 112 cm³/mol. The minimum atomic E-state index is -0.289. The fourth-order valence-corrected chi connectivity index (χ4v) is 3.79. The number of aromatic nitrogens is 2. The Morgan fingerprint density at radius 3 is 2.29 bits per heavy atom. The van der Waals surface area contributed by atoms with E-state index in [0.717, 1.165) is 17.8 Å². The first-order valence-electron chi connectivity index (χ1n) is 9.22. The molecule has 3 rings (SSSR count). The number of hydrogen-bond donors (Lipinski definition) is 2. The largest absolute Gasteiger partial charge is 0.322 e. The number of amides is 2. The van der Waals surface area contributed by atoms with E-state index >= 15 is 0 Å². The highest BCUT2D eigenvalue weighted by Crippen LogP contribution is 2.28. The normalized spacial score (nSPS) is 10.7. The Kier molecular flexibility index (Phi) is 6.49. The molecule has 1 heterocycles. The van der Waals surface area contributed by atoms with Crippen molar-refractivity contribution >= 4 is 34.0 Å². The Morgan fingerprint density at radius 2 is 1.57 bits per heavy atom. The second kappa shape index (κ2) is 9.23. The molecule has 7 heteroatoms. The lowest BCUT2D eigenvalue weighted by atomic mass is 10.1. The second-order valence-corrected chi connectivity index (χ2v) is 7.32. The molecule has 0 saturated carbocycles. The standard InChI is InChI=1S/C21H22N4O2S/c1-3-14(4-2)20-24-25-21(28-20)23-19(27)16-11-8-12-17(13-16)22-18(26)15-9-6-5-7-10-15/h5-14H,3-4H2,1-2H3,(H,22,26)(H,23,25,27). The van der Waals surface area contributed by atoms with E-state index in [1.807, 2.05) is 6.07 Å². The minimum absolute atomic E-state index is 0.225. The van der Waals surface area contributed by atoms with Crippen LogP contribution in [0.15, 0.2) is 54.6 Å². The molecule has 0 saturated heterocycles. The van der Waals surface area contributed by atoms with Gasteiger partial charge in [0.25, 0.3) is 11.8 Å². The molecule has 0 aliphatic rings. The van der Waals surface area contributed by atoms with E-state index in [4.69, 9.17) is 0 Å². The molecule has 2 aromatic carbocycles. The summed E-state index contributed by atoms with van der Waals surface area (Å²) in [6, 6.07) is 15.7. The van der Waals surface area contributed by atoms with Crippen LogP contribution in [0, 0.1) is 0 Å². The lowest BCUT2D eigenvalue weighted by Gasteiger charge is -2.07. The van der Waals surface area contributed by atoms with Crippen LogP contribution in [0.1, 0.15) is 58.3 Å². The van der Waals surface area contributed by atoms with Gasteiger partial charge in [-0.2, -0.15) is 0 Å². The van der Waals surface area contributed by atoms with E-state index in [1.165, 1.54) is 11.3 Å². The van der Waals surface area contributed by atoms with Crippen molar-refractivity contribution in [3.8, 4) is 0 Å². The maximum atomic E-state index is 12.6. The average Bonchev–Trinajstić information content (AvgIpc) is 3.18. The maximum Gasteiger partial charge on any atom is 0.257 e. The van der Waals surface area contributed by atoms with E-state index in [9.17, 15) is 9.59 Å². The van der Waals surface area contributed by atoms with Gasteiger partial charge in [-0.1, -0.05) is 49.4 Å². The lowest BCUT2D eigenvalue weighted by Crippen LogP contribution is -2.14. The molecule has 28 heavy (non-hydrogen) atoms. The molecule has 2 N–H and O–H groups in total. The van der Waals surface area contributed by atoms with Crippen molar-refractivity contribution < 1.29 is 9.59 Å². The SMILES string of the molecule is CCC(CC)c1nnc(NC(=O)c2cccc(NC(=O)c3ccccc3)c2)s1. The van der Waals surface area contributed by atoms with Gasteiger partial charge in [0.15, 0.2) is 0 Å². The third-order valence-electron chi connectivity index (χ3n) is 4.41. The van der Waals surface area contributed by atoms with E-state index in [1.54, 1.807) is 48.5 Å². The summed E-state index contributed by atoms with van der Waals surface area (Å²) in [7, 11) is 0. The van der Waals surface area contributed by atoms with Gasteiger partial charge in [-0.05, 0) is 43.2 Å². The number of benzene rings is 2. The van der Waals surface area contributed by atoms with E-state index in [2.05, 4.69) is 34.7 Å². The number of rotatable bonds is 7. The molecular formula is C21H22N4O2S. The van der Waals surface area contributed by atoms with Crippen molar-refractivity contribution in [2.24, 2.45) is 0 Å². The van der Waals surface area contributed by atoms with Crippen LogP contribution in [-0.2, 0) is 0 Å². The molecule has 0 bridgehead atoms. The van der Waals surface area contributed by atoms with Crippen LogP contribution in [-0.4, -0.2) is 22.0 Å². The fraction of sp³-hybridized carbons (Fsp3) is 0.238. The molecule has 6 nitrogen and oxygen atoms in total. The van der Waals surface area contributed by atoms with Gasteiger partial charge in [-0.25, -0.2) is 0 Å². The van der Waals surface area contributed by atoms with Crippen LogP contribution in [0.3, 0.4) is 0 Å². The molecule has 2 amide bonds. The fourth-order valence-electron chi connectivity index (χ4n) is 2.79. The van der Waals surface area contributed by atoms with E-state index in [-0.39, 0.29) is 11.8 Å². The zero-order chi connectivity index (χ0) is 19.9. The molecule has 0 aliphatic heterocycles.